The van der Waals surface area contributed by atoms with Crippen LogP contribution in [0.15, 0.2) is 23.1 Å². The minimum atomic E-state index is -0.234. The van der Waals surface area contributed by atoms with Gasteiger partial charge in [0.05, 0.1) is 5.39 Å². The first kappa shape index (κ1) is 15.1. The van der Waals surface area contributed by atoms with Gasteiger partial charge < -0.3 is 10.6 Å². The van der Waals surface area contributed by atoms with Gasteiger partial charge in [-0.1, -0.05) is 0 Å². The summed E-state index contributed by atoms with van der Waals surface area (Å²) in [4.78, 5) is 28.1. The maximum absolute atomic E-state index is 12.0. The van der Waals surface area contributed by atoms with Gasteiger partial charge in [0.1, 0.15) is 5.52 Å². The van der Waals surface area contributed by atoms with Gasteiger partial charge in [0.15, 0.2) is 5.82 Å². The van der Waals surface area contributed by atoms with Crippen molar-refractivity contribution in [3.8, 4) is 0 Å². The van der Waals surface area contributed by atoms with Crippen LogP contribution in [0, 0.1) is 5.92 Å². The van der Waals surface area contributed by atoms with Crippen LogP contribution in [0.25, 0.3) is 10.9 Å². The van der Waals surface area contributed by atoms with Crippen LogP contribution in [0.2, 0.25) is 0 Å². The van der Waals surface area contributed by atoms with Crippen LogP contribution in [-0.4, -0.2) is 33.2 Å². The fraction of sp³-hybridized carbons (Fsp3) is 0.529. The zero-order valence-corrected chi connectivity index (χ0v) is 13.4. The molecular weight excluding hydrogens is 306 g/mol. The Balaban J connectivity index is 1.47. The lowest BCUT2D eigenvalue weighted by molar-refractivity contribution is -0.123. The van der Waals surface area contributed by atoms with Gasteiger partial charge in [0, 0.05) is 24.2 Å². The predicted molar refractivity (Wildman–Crippen MR) is 90.7 cm³/mol. The van der Waals surface area contributed by atoms with Gasteiger partial charge in [-0.3, -0.25) is 14.6 Å². The lowest BCUT2D eigenvalue weighted by Gasteiger charge is -2.30. The van der Waals surface area contributed by atoms with Crippen LogP contribution in [-0.2, 0) is 4.79 Å². The number of anilines is 1. The van der Waals surface area contributed by atoms with Gasteiger partial charge in [-0.2, -0.15) is 5.10 Å². The molecule has 0 spiro atoms. The molecule has 2 aromatic heterocycles. The SMILES string of the molecule is O=C(NC1CCCC(Nc2n[nH]c(=O)c3cccnc23)C1)C1CC1. The highest BCUT2D eigenvalue weighted by atomic mass is 16.2. The highest BCUT2D eigenvalue weighted by Crippen LogP contribution is 2.30. The molecule has 2 unspecified atom stereocenters. The molecule has 1 amide bonds. The molecule has 126 valence electrons. The van der Waals surface area contributed by atoms with Gasteiger partial charge in [-0.05, 0) is 50.7 Å². The van der Waals surface area contributed by atoms with E-state index in [1.165, 1.54) is 0 Å². The number of pyridine rings is 1. The molecule has 0 bridgehead atoms. The van der Waals surface area contributed by atoms with Crippen molar-refractivity contribution >= 4 is 22.6 Å². The Morgan fingerprint density at radius 2 is 2.04 bits per heavy atom. The Hall–Kier alpha value is -2.44. The fourth-order valence-electron chi connectivity index (χ4n) is 3.41. The number of hydrogen-bond acceptors (Lipinski definition) is 5. The van der Waals surface area contributed by atoms with Gasteiger partial charge in [0.25, 0.3) is 5.56 Å². The van der Waals surface area contributed by atoms with Crippen molar-refractivity contribution in [2.75, 3.05) is 5.32 Å². The molecule has 0 saturated heterocycles. The summed E-state index contributed by atoms with van der Waals surface area (Å²) in [5, 5.41) is 13.8. The standard InChI is InChI=1S/C17H21N5O2/c23-16(10-6-7-10)20-12-4-1-3-11(9-12)19-15-14-13(5-2-8-18-14)17(24)22-21-15/h2,5,8,10-12H,1,3-4,6-7,9H2,(H,19,21)(H,20,23)(H,22,24). The Morgan fingerprint density at radius 3 is 2.88 bits per heavy atom. The summed E-state index contributed by atoms with van der Waals surface area (Å²) < 4.78 is 0. The summed E-state index contributed by atoms with van der Waals surface area (Å²) in [5.74, 6) is 1.05. The van der Waals surface area contributed by atoms with E-state index in [9.17, 15) is 9.59 Å². The number of fused-ring (bicyclic) bond motifs is 1. The van der Waals surface area contributed by atoms with Crippen LogP contribution >= 0.6 is 0 Å². The smallest absolute Gasteiger partial charge is 0.273 e. The van der Waals surface area contributed by atoms with E-state index in [1.54, 1.807) is 18.3 Å². The average Bonchev–Trinajstić information content (AvgIpc) is 3.43. The third-order valence-corrected chi connectivity index (χ3v) is 4.86. The minimum Gasteiger partial charge on any atom is -0.364 e. The summed E-state index contributed by atoms with van der Waals surface area (Å²) >= 11 is 0. The van der Waals surface area contributed by atoms with Crippen molar-refractivity contribution in [2.24, 2.45) is 5.92 Å². The maximum Gasteiger partial charge on any atom is 0.273 e. The number of nitrogens with one attached hydrogen (secondary N) is 3. The van der Waals surface area contributed by atoms with E-state index >= 15 is 0 Å². The molecule has 4 rings (SSSR count). The minimum absolute atomic E-state index is 0.204. The number of H-pyrrole nitrogens is 1. The summed E-state index contributed by atoms with van der Waals surface area (Å²) in [6.45, 7) is 0. The molecule has 0 radical (unpaired) electrons. The Kier molecular flexibility index (Phi) is 3.92. The number of amides is 1. The van der Waals surface area contributed by atoms with E-state index in [4.69, 9.17) is 0 Å². The normalized spacial score (nSPS) is 23.8. The van der Waals surface area contributed by atoms with Crippen molar-refractivity contribution in [3.63, 3.8) is 0 Å². The summed E-state index contributed by atoms with van der Waals surface area (Å²) in [6, 6.07) is 3.91. The van der Waals surface area contributed by atoms with Crippen LogP contribution in [0.3, 0.4) is 0 Å². The summed E-state index contributed by atoms with van der Waals surface area (Å²) in [7, 11) is 0. The van der Waals surface area contributed by atoms with Crippen LogP contribution in [0.4, 0.5) is 5.82 Å². The Labute approximate surface area is 139 Å². The van der Waals surface area contributed by atoms with E-state index in [2.05, 4.69) is 25.8 Å². The number of carbonyl (C=O) groups is 1. The average molecular weight is 327 g/mol. The third kappa shape index (κ3) is 3.11. The molecule has 2 heterocycles. The number of aromatic amines is 1. The molecule has 2 aliphatic rings. The molecule has 0 aliphatic heterocycles. The zero-order chi connectivity index (χ0) is 16.5. The van der Waals surface area contributed by atoms with Crippen molar-refractivity contribution in [1.82, 2.24) is 20.5 Å². The van der Waals surface area contributed by atoms with Crippen molar-refractivity contribution in [1.29, 1.82) is 0 Å². The number of nitrogens with zero attached hydrogens (tertiary/aromatic N) is 2. The van der Waals surface area contributed by atoms with Gasteiger partial charge in [-0.15, -0.1) is 0 Å². The number of hydrogen-bond donors (Lipinski definition) is 3. The molecule has 0 aromatic carbocycles. The predicted octanol–water partition coefficient (Wildman–Crippen LogP) is 1.57. The number of aromatic nitrogens is 3. The molecule has 2 aromatic rings. The van der Waals surface area contributed by atoms with E-state index in [0.717, 1.165) is 38.5 Å². The topological polar surface area (TPSA) is 99.8 Å². The first-order chi connectivity index (χ1) is 11.7. The van der Waals surface area contributed by atoms with E-state index in [0.29, 0.717) is 16.7 Å². The molecular formula is C17H21N5O2. The number of rotatable bonds is 4. The fourth-order valence-corrected chi connectivity index (χ4v) is 3.41. The monoisotopic (exact) mass is 327 g/mol. The first-order valence-corrected chi connectivity index (χ1v) is 8.61. The van der Waals surface area contributed by atoms with E-state index < -0.39 is 0 Å². The van der Waals surface area contributed by atoms with E-state index in [-0.39, 0.29) is 29.5 Å². The molecule has 7 nitrogen and oxygen atoms in total. The van der Waals surface area contributed by atoms with Crippen LogP contribution in [0.1, 0.15) is 38.5 Å². The van der Waals surface area contributed by atoms with Crippen LogP contribution < -0.4 is 16.2 Å². The third-order valence-electron chi connectivity index (χ3n) is 4.86. The zero-order valence-electron chi connectivity index (χ0n) is 13.4. The van der Waals surface area contributed by atoms with Gasteiger partial charge in [-0.25, -0.2) is 5.10 Å². The van der Waals surface area contributed by atoms with Crippen LogP contribution in [0.5, 0.6) is 0 Å². The quantitative estimate of drug-likeness (QED) is 0.791. The van der Waals surface area contributed by atoms with Gasteiger partial charge in [0.2, 0.25) is 5.91 Å². The summed E-state index contributed by atoms with van der Waals surface area (Å²) in [6.07, 6.45) is 7.68. The molecule has 2 aliphatic carbocycles. The second-order valence-corrected chi connectivity index (χ2v) is 6.79. The molecule has 7 heteroatoms. The highest BCUT2D eigenvalue weighted by Gasteiger charge is 2.32. The number of carbonyl (C=O) groups excluding carboxylic acids is 1. The largest absolute Gasteiger partial charge is 0.364 e. The van der Waals surface area contributed by atoms with Crippen molar-refractivity contribution in [3.05, 3.63) is 28.7 Å². The Bertz CT molecular complexity index is 814. The van der Waals surface area contributed by atoms with Crippen molar-refractivity contribution < 1.29 is 4.79 Å². The molecule has 2 fully saturated rings. The molecule has 24 heavy (non-hydrogen) atoms. The van der Waals surface area contributed by atoms with Gasteiger partial charge >= 0.3 is 0 Å². The first-order valence-electron chi connectivity index (χ1n) is 8.61. The molecule has 3 N–H and O–H groups in total. The second kappa shape index (κ2) is 6.22. The summed E-state index contributed by atoms with van der Waals surface area (Å²) in [5.41, 5.74) is 0.354. The second-order valence-electron chi connectivity index (χ2n) is 6.79. The highest BCUT2D eigenvalue weighted by molar-refractivity contribution is 5.86. The molecule has 2 atom stereocenters. The lowest BCUT2D eigenvalue weighted by atomic mass is 9.90. The van der Waals surface area contributed by atoms with Crippen molar-refractivity contribution in [2.45, 2.75) is 50.6 Å². The molecule has 2 saturated carbocycles. The van der Waals surface area contributed by atoms with E-state index in [1.807, 2.05) is 0 Å². The maximum atomic E-state index is 12.0. The lowest BCUT2D eigenvalue weighted by Crippen LogP contribution is -2.42. The Morgan fingerprint density at radius 1 is 1.21 bits per heavy atom.